The summed E-state index contributed by atoms with van der Waals surface area (Å²) >= 11 is 0. The van der Waals surface area contributed by atoms with Gasteiger partial charge in [0, 0.05) is 0 Å². The second-order valence-electron chi connectivity index (χ2n) is 7.67. The lowest BCUT2D eigenvalue weighted by atomic mass is 9.71. The summed E-state index contributed by atoms with van der Waals surface area (Å²) in [6.07, 6.45) is 5.50. The van der Waals surface area contributed by atoms with Crippen LogP contribution in [0.1, 0.15) is 70.4 Å². The SMILES string of the molecule is CC(C)c1ccc(CC(O)C2CCC(C)(C)CC2)cc1. The van der Waals surface area contributed by atoms with Crippen molar-refractivity contribution in [2.45, 2.75) is 71.8 Å². The lowest BCUT2D eigenvalue weighted by molar-refractivity contribution is 0.0576. The molecule has 1 aromatic rings. The van der Waals surface area contributed by atoms with E-state index in [1.54, 1.807) is 0 Å². The molecule has 1 saturated carbocycles. The van der Waals surface area contributed by atoms with Gasteiger partial charge in [0.15, 0.2) is 0 Å². The highest BCUT2D eigenvalue weighted by atomic mass is 16.3. The summed E-state index contributed by atoms with van der Waals surface area (Å²) in [7, 11) is 0. The minimum Gasteiger partial charge on any atom is -0.392 e. The first-order valence-corrected chi connectivity index (χ1v) is 8.14. The van der Waals surface area contributed by atoms with Gasteiger partial charge in [0.1, 0.15) is 0 Å². The van der Waals surface area contributed by atoms with Crippen molar-refractivity contribution in [1.82, 2.24) is 0 Å². The van der Waals surface area contributed by atoms with Gasteiger partial charge in [-0.05, 0) is 60.5 Å². The predicted octanol–water partition coefficient (Wildman–Crippen LogP) is 4.93. The van der Waals surface area contributed by atoms with Crippen LogP contribution in [0.15, 0.2) is 24.3 Å². The third kappa shape index (κ3) is 4.09. The Morgan fingerprint density at radius 2 is 1.65 bits per heavy atom. The predicted molar refractivity (Wildman–Crippen MR) is 86.0 cm³/mol. The Morgan fingerprint density at radius 3 is 2.15 bits per heavy atom. The maximum atomic E-state index is 10.5. The highest BCUT2D eigenvalue weighted by Gasteiger charge is 2.30. The molecule has 0 bridgehead atoms. The highest BCUT2D eigenvalue weighted by molar-refractivity contribution is 5.25. The normalized spacial score (nSPS) is 21.1. The van der Waals surface area contributed by atoms with Crippen molar-refractivity contribution in [1.29, 1.82) is 0 Å². The topological polar surface area (TPSA) is 20.2 Å². The summed E-state index contributed by atoms with van der Waals surface area (Å²) in [5, 5.41) is 10.5. The maximum Gasteiger partial charge on any atom is 0.0608 e. The van der Waals surface area contributed by atoms with Crippen molar-refractivity contribution < 1.29 is 5.11 Å². The number of hydrogen-bond donors (Lipinski definition) is 1. The van der Waals surface area contributed by atoms with Crippen LogP contribution in [0.2, 0.25) is 0 Å². The van der Waals surface area contributed by atoms with Gasteiger partial charge in [0.25, 0.3) is 0 Å². The van der Waals surface area contributed by atoms with E-state index in [4.69, 9.17) is 0 Å². The second-order valence-corrected chi connectivity index (χ2v) is 7.67. The van der Waals surface area contributed by atoms with Crippen LogP contribution in [0.3, 0.4) is 0 Å². The summed E-state index contributed by atoms with van der Waals surface area (Å²) in [5.41, 5.74) is 3.13. The molecule has 1 aromatic carbocycles. The fourth-order valence-electron chi connectivity index (χ4n) is 3.25. The minimum atomic E-state index is -0.170. The molecule has 1 N–H and O–H groups in total. The van der Waals surface area contributed by atoms with Crippen LogP contribution in [-0.2, 0) is 6.42 Å². The van der Waals surface area contributed by atoms with Crippen LogP contribution in [0.25, 0.3) is 0 Å². The van der Waals surface area contributed by atoms with Gasteiger partial charge in [-0.3, -0.25) is 0 Å². The van der Waals surface area contributed by atoms with Gasteiger partial charge >= 0.3 is 0 Å². The van der Waals surface area contributed by atoms with E-state index in [2.05, 4.69) is 52.0 Å². The zero-order valence-corrected chi connectivity index (χ0v) is 13.5. The quantitative estimate of drug-likeness (QED) is 0.825. The van der Waals surface area contributed by atoms with E-state index in [-0.39, 0.29) is 6.10 Å². The Kier molecular flexibility index (Phi) is 4.90. The summed E-state index contributed by atoms with van der Waals surface area (Å²) in [6, 6.07) is 8.78. The number of benzene rings is 1. The number of hydrogen-bond acceptors (Lipinski definition) is 1. The third-order valence-electron chi connectivity index (χ3n) is 5.02. The first kappa shape index (κ1) is 15.6. The molecule has 0 aromatic heterocycles. The van der Waals surface area contributed by atoms with Gasteiger partial charge in [-0.1, -0.05) is 52.0 Å². The standard InChI is InChI=1S/C19H30O/c1-14(2)16-7-5-15(6-8-16)13-18(20)17-9-11-19(3,4)12-10-17/h5-8,14,17-18,20H,9-13H2,1-4H3. The summed E-state index contributed by atoms with van der Waals surface area (Å²) in [5.74, 6) is 1.07. The van der Waals surface area contributed by atoms with Gasteiger partial charge in [-0.25, -0.2) is 0 Å². The van der Waals surface area contributed by atoms with Gasteiger partial charge in [0.05, 0.1) is 6.10 Å². The second kappa shape index (κ2) is 6.30. The van der Waals surface area contributed by atoms with Gasteiger partial charge in [-0.2, -0.15) is 0 Å². The van der Waals surface area contributed by atoms with E-state index in [1.807, 2.05) is 0 Å². The fourth-order valence-corrected chi connectivity index (χ4v) is 3.25. The van der Waals surface area contributed by atoms with E-state index in [1.165, 1.54) is 36.8 Å². The molecule has 1 fully saturated rings. The Morgan fingerprint density at radius 1 is 1.10 bits per heavy atom. The average Bonchev–Trinajstić information content (AvgIpc) is 2.39. The van der Waals surface area contributed by atoms with Crippen molar-refractivity contribution in [3.63, 3.8) is 0 Å². The number of rotatable bonds is 4. The van der Waals surface area contributed by atoms with Crippen molar-refractivity contribution >= 4 is 0 Å². The Hall–Kier alpha value is -0.820. The molecule has 1 aliphatic rings. The molecule has 1 unspecified atom stereocenters. The molecule has 2 rings (SSSR count). The molecule has 1 nitrogen and oxygen atoms in total. The maximum absolute atomic E-state index is 10.5. The molecule has 0 saturated heterocycles. The zero-order valence-electron chi connectivity index (χ0n) is 13.5. The Bertz CT molecular complexity index is 406. The van der Waals surface area contributed by atoms with E-state index < -0.39 is 0 Å². The molecule has 0 aliphatic heterocycles. The first-order chi connectivity index (χ1) is 9.37. The molecule has 0 spiro atoms. The van der Waals surface area contributed by atoms with Crippen LogP contribution >= 0.6 is 0 Å². The van der Waals surface area contributed by atoms with Crippen molar-refractivity contribution in [2.24, 2.45) is 11.3 Å². The molecule has 1 atom stereocenters. The summed E-state index contributed by atoms with van der Waals surface area (Å²) in [4.78, 5) is 0. The minimum absolute atomic E-state index is 0.170. The van der Waals surface area contributed by atoms with Gasteiger partial charge < -0.3 is 5.11 Å². The first-order valence-electron chi connectivity index (χ1n) is 8.14. The van der Waals surface area contributed by atoms with Crippen LogP contribution in [0.4, 0.5) is 0 Å². The smallest absolute Gasteiger partial charge is 0.0608 e. The van der Waals surface area contributed by atoms with Gasteiger partial charge in [0.2, 0.25) is 0 Å². The molecule has 112 valence electrons. The number of aliphatic hydroxyl groups is 1. The van der Waals surface area contributed by atoms with E-state index in [9.17, 15) is 5.11 Å². The Balaban J connectivity index is 1.89. The molecular weight excluding hydrogens is 244 g/mol. The van der Waals surface area contributed by atoms with E-state index >= 15 is 0 Å². The van der Waals surface area contributed by atoms with Crippen molar-refractivity contribution in [3.05, 3.63) is 35.4 Å². The zero-order chi connectivity index (χ0) is 14.8. The molecule has 20 heavy (non-hydrogen) atoms. The molecule has 1 aliphatic carbocycles. The lowest BCUT2D eigenvalue weighted by Gasteiger charge is -2.36. The van der Waals surface area contributed by atoms with Gasteiger partial charge in [-0.15, -0.1) is 0 Å². The van der Waals surface area contributed by atoms with Crippen LogP contribution in [-0.4, -0.2) is 11.2 Å². The molecule has 0 amide bonds. The van der Waals surface area contributed by atoms with Crippen LogP contribution in [0.5, 0.6) is 0 Å². The molecule has 0 radical (unpaired) electrons. The Labute approximate surface area is 124 Å². The summed E-state index contributed by atoms with van der Waals surface area (Å²) in [6.45, 7) is 9.13. The summed E-state index contributed by atoms with van der Waals surface area (Å²) < 4.78 is 0. The average molecular weight is 274 g/mol. The molecule has 1 heteroatoms. The van der Waals surface area contributed by atoms with Crippen molar-refractivity contribution in [2.75, 3.05) is 0 Å². The van der Waals surface area contributed by atoms with E-state index in [0.29, 0.717) is 17.3 Å². The van der Waals surface area contributed by atoms with E-state index in [0.717, 1.165) is 6.42 Å². The van der Waals surface area contributed by atoms with Crippen LogP contribution < -0.4 is 0 Å². The highest BCUT2D eigenvalue weighted by Crippen LogP contribution is 2.39. The monoisotopic (exact) mass is 274 g/mol. The number of aliphatic hydroxyl groups excluding tert-OH is 1. The lowest BCUT2D eigenvalue weighted by Crippen LogP contribution is -2.30. The molecule has 0 heterocycles. The largest absolute Gasteiger partial charge is 0.392 e. The molecular formula is C19H30O. The van der Waals surface area contributed by atoms with Crippen molar-refractivity contribution in [3.8, 4) is 0 Å². The third-order valence-corrected chi connectivity index (χ3v) is 5.02. The van der Waals surface area contributed by atoms with Crippen LogP contribution in [0, 0.1) is 11.3 Å². The fraction of sp³-hybridized carbons (Fsp3) is 0.684.